The third-order valence-corrected chi connectivity index (χ3v) is 8.00. The summed E-state index contributed by atoms with van der Waals surface area (Å²) >= 11 is 0. The molecule has 0 unspecified atom stereocenters. The Kier molecular flexibility index (Phi) is 6.59. The zero-order valence-corrected chi connectivity index (χ0v) is 23.1. The second kappa shape index (κ2) is 10.2. The van der Waals surface area contributed by atoms with Crippen molar-refractivity contribution in [1.29, 1.82) is 0 Å². The van der Waals surface area contributed by atoms with Crippen molar-refractivity contribution in [3.63, 3.8) is 0 Å². The summed E-state index contributed by atoms with van der Waals surface area (Å²) in [5.74, 6) is -0.0494. The van der Waals surface area contributed by atoms with Gasteiger partial charge in [-0.15, -0.1) is 0 Å². The molecule has 200 valence electrons. The van der Waals surface area contributed by atoms with Gasteiger partial charge in [-0.1, -0.05) is 75.4 Å². The molecule has 4 aromatic rings. The lowest BCUT2D eigenvalue weighted by molar-refractivity contribution is -0.116. The van der Waals surface area contributed by atoms with Crippen LogP contribution in [0.1, 0.15) is 72.6 Å². The number of para-hydroxylation sites is 2. The highest BCUT2D eigenvalue weighted by atomic mass is 16.2. The highest BCUT2D eigenvalue weighted by molar-refractivity contribution is 6.12. The molecule has 2 heterocycles. The molecule has 1 aliphatic heterocycles. The number of fused-ring (bicyclic) bond motifs is 1. The largest absolute Gasteiger partial charge is 0.357 e. The Morgan fingerprint density at radius 3 is 2.20 bits per heavy atom. The summed E-state index contributed by atoms with van der Waals surface area (Å²) < 4.78 is 0. The number of Topliss-reactive ketones (excluding diaryl/α,β-unsaturated/α-hetero) is 1. The van der Waals surface area contributed by atoms with Crippen molar-refractivity contribution >= 4 is 23.1 Å². The molecule has 3 aromatic carbocycles. The Bertz CT molecular complexity index is 1590. The van der Waals surface area contributed by atoms with Gasteiger partial charge < -0.3 is 5.32 Å². The summed E-state index contributed by atoms with van der Waals surface area (Å²) in [5.41, 5.74) is 6.99. The summed E-state index contributed by atoms with van der Waals surface area (Å²) in [6.07, 6.45) is 4.51. The van der Waals surface area contributed by atoms with E-state index in [0.29, 0.717) is 24.0 Å². The molecule has 0 saturated heterocycles. The molecule has 0 saturated carbocycles. The number of nitrogens with one attached hydrogen (secondary N) is 1. The summed E-state index contributed by atoms with van der Waals surface area (Å²) in [5, 5.41) is 3.61. The van der Waals surface area contributed by atoms with Gasteiger partial charge >= 0.3 is 0 Å². The molecule has 2 atom stereocenters. The first kappa shape index (κ1) is 25.8. The minimum Gasteiger partial charge on any atom is -0.357 e. The van der Waals surface area contributed by atoms with Crippen molar-refractivity contribution < 1.29 is 9.59 Å². The summed E-state index contributed by atoms with van der Waals surface area (Å²) in [6.45, 7) is 6.62. The zero-order chi connectivity index (χ0) is 27.9. The normalized spacial score (nSPS) is 18.9. The molecule has 6 rings (SSSR count). The molecule has 1 aliphatic carbocycles. The maximum atomic E-state index is 14.2. The Hall–Kier alpha value is -4.51. The maximum absolute atomic E-state index is 14.2. The van der Waals surface area contributed by atoms with Crippen molar-refractivity contribution in [2.45, 2.75) is 51.0 Å². The lowest BCUT2D eigenvalue weighted by Gasteiger charge is -2.35. The molecule has 0 spiro atoms. The van der Waals surface area contributed by atoms with Gasteiger partial charge in [-0.25, -0.2) is 0 Å². The van der Waals surface area contributed by atoms with Crippen molar-refractivity contribution in [1.82, 2.24) is 4.98 Å². The van der Waals surface area contributed by atoms with Crippen LogP contribution >= 0.6 is 0 Å². The van der Waals surface area contributed by atoms with Crippen LogP contribution in [0.3, 0.4) is 0 Å². The highest BCUT2D eigenvalue weighted by Crippen LogP contribution is 2.47. The van der Waals surface area contributed by atoms with E-state index >= 15 is 0 Å². The van der Waals surface area contributed by atoms with E-state index in [4.69, 9.17) is 0 Å². The minimum absolute atomic E-state index is 0.0504. The highest BCUT2D eigenvalue weighted by Gasteiger charge is 2.41. The van der Waals surface area contributed by atoms with Crippen LogP contribution in [-0.4, -0.2) is 16.7 Å². The van der Waals surface area contributed by atoms with Crippen LogP contribution in [0.4, 0.5) is 11.4 Å². The fraction of sp³-hybridized carbons (Fsp3) is 0.229. The van der Waals surface area contributed by atoms with Crippen LogP contribution in [0.15, 0.2) is 115 Å². The van der Waals surface area contributed by atoms with Crippen molar-refractivity contribution in [3.8, 4) is 0 Å². The second-order valence-electron chi connectivity index (χ2n) is 11.7. The Balaban J connectivity index is 1.49. The van der Waals surface area contributed by atoms with E-state index in [0.717, 1.165) is 28.2 Å². The summed E-state index contributed by atoms with van der Waals surface area (Å²) in [4.78, 5) is 34.4. The van der Waals surface area contributed by atoms with Gasteiger partial charge in [0, 0.05) is 35.6 Å². The zero-order valence-electron chi connectivity index (χ0n) is 23.1. The number of allylic oxidation sites excluding steroid dienone is 1. The van der Waals surface area contributed by atoms with Crippen molar-refractivity contribution in [2.24, 2.45) is 0 Å². The quantitative estimate of drug-likeness (QED) is 0.298. The molecule has 0 fully saturated rings. The first-order valence-corrected chi connectivity index (χ1v) is 13.8. The van der Waals surface area contributed by atoms with Crippen molar-refractivity contribution in [2.75, 3.05) is 10.2 Å². The van der Waals surface area contributed by atoms with Gasteiger partial charge in [0.1, 0.15) is 0 Å². The van der Waals surface area contributed by atoms with E-state index in [-0.39, 0.29) is 23.0 Å². The van der Waals surface area contributed by atoms with E-state index in [9.17, 15) is 9.59 Å². The van der Waals surface area contributed by atoms with Crippen LogP contribution in [-0.2, 0) is 10.2 Å². The number of carbonyl (C=O) groups is 2. The molecule has 1 amide bonds. The number of benzene rings is 3. The standard InChI is InChI=1S/C35H33N3O2/c1-35(2,3)27-15-13-23(14-16-27)26-21-29-32(31(39)22-26)33(24-17-19-36-20-18-24)38(30-12-8-7-11-28(30)37-29)34(40)25-9-5-4-6-10-25/h4-20,26,33,37H,21-22H2,1-3H3/t26-,33-/m1/s1. The van der Waals surface area contributed by atoms with Gasteiger partial charge in [0.15, 0.2) is 5.78 Å². The van der Waals surface area contributed by atoms with Crippen LogP contribution < -0.4 is 10.2 Å². The first-order valence-electron chi connectivity index (χ1n) is 13.8. The monoisotopic (exact) mass is 527 g/mol. The number of hydrogen-bond donors (Lipinski definition) is 1. The SMILES string of the molecule is CC(C)(C)c1ccc([C@H]2CC(=O)C3=C(C2)Nc2ccccc2N(C(=O)c2ccccc2)[C@@H]3c2ccncc2)cc1. The van der Waals surface area contributed by atoms with Gasteiger partial charge in [0.05, 0.1) is 17.4 Å². The van der Waals surface area contributed by atoms with Gasteiger partial charge in [0.25, 0.3) is 5.91 Å². The summed E-state index contributed by atoms with van der Waals surface area (Å²) in [6, 6.07) is 29.0. The van der Waals surface area contributed by atoms with Crippen LogP contribution in [0.5, 0.6) is 0 Å². The number of amides is 1. The van der Waals surface area contributed by atoms with E-state index < -0.39 is 6.04 Å². The third-order valence-electron chi connectivity index (χ3n) is 8.00. The second-order valence-corrected chi connectivity index (χ2v) is 11.7. The predicted molar refractivity (Wildman–Crippen MR) is 159 cm³/mol. The number of pyridine rings is 1. The third kappa shape index (κ3) is 4.73. The average molecular weight is 528 g/mol. The summed E-state index contributed by atoms with van der Waals surface area (Å²) in [7, 11) is 0. The van der Waals surface area contributed by atoms with Crippen LogP contribution in [0.25, 0.3) is 0 Å². The van der Waals surface area contributed by atoms with E-state index in [2.05, 4.69) is 55.3 Å². The van der Waals surface area contributed by atoms with Crippen molar-refractivity contribution in [3.05, 3.63) is 137 Å². The van der Waals surface area contributed by atoms with Gasteiger partial charge in [-0.05, 0) is 70.8 Å². The first-order chi connectivity index (χ1) is 19.3. The number of carbonyl (C=O) groups excluding carboxylic acids is 2. The van der Waals surface area contributed by atoms with Gasteiger partial charge in [0.2, 0.25) is 0 Å². The van der Waals surface area contributed by atoms with E-state index in [1.165, 1.54) is 5.56 Å². The fourth-order valence-corrected chi connectivity index (χ4v) is 5.89. The van der Waals surface area contributed by atoms with Gasteiger partial charge in [-0.2, -0.15) is 0 Å². The lowest BCUT2D eigenvalue weighted by Crippen LogP contribution is -2.38. The number of nitrogens with zero attached hydrogens (tertiary/aromatic N) is 2. The smallest absolute Gasteiger partial charge is 0.259 e. The molecular weight excluding hydrogens is 494 g/mol. The molecule has 5 nitrogen and oxygen atoms in total. The Labute approximate surface area is 235 Å². The molecule has 0 radical (unpaired) electrons. The van der Waals surface area contributed by atoms with Crippen LogP contribution in [0, 0.1) is 0 Å². The topological polar surface area (TPSA) is 62.3 Å². The minimum atomic E-state index is -0.585. The molecule has 1 N–H and O–H groups in total. The number of ketones is 1. The molecule has 5 heteroatoms. The molecule has 2 aliphatic rings. The number of hydrogen-bond acceptors (Lipinski definition) is 4. The van der Waals surface area contributed by atoms with Gasteiger partial charge in [-0.3, -0.25) is 19.5 Å². The Morgan fingerprint density at radius 2 is 1.50 bits per heavy atom. The van der Waals surface area contributed by atoms with E-state index in [1.54, 1.807) is 17.3 Å². The van der Waals surface area contributed by atoms with Crippen LogP contribution in [0.2, 0.25) is 0 Å². The number of aromatic nitrogens is 1. The van der Waals surface area contributed by atoms with E-state index in [1.807, 2.05) is 66.7 Å². The number of rotatable bonds is 3. The fourth-order valence-electron chi connectivity index (χ4n) is 5.89. The molecular formula is C35H33N3O2. The maximum Gasteiger partial charge on any atom is 0.259 e. The molecule has 0 bridgehead atoms. The lowest BCUT2D eigenvalue weighted by atomic mass is 9.77. The average Bonchev–Trinajstić information content (AvgIpc) is 3.12. The predicted octanol–water partition coefficient (Wildman–Crippen LogP) is 7.59. The molecule has 40 heavy (non-hydrogen) atoms. The molecule has 1 aromatic heterocycles. The Morgan fingerprint density at radius 1 is 0.825 bits per heavy atom. The number of anilines is 2.